The Hall–Kier alpha value is -1.80. The van der Waals surface area contributed by atoms with E-state index in [9.17, 15) is 0 Å². The zero-order valence-electron chi connectivity index (χ0n) is 9.39. The first kappa shape index (κ1) is 10.4. The summed E-state index contributed by atoms with van der Waals surface area (Å²) in [5.74, 6) is 0. The third kappa shape index (κ3) is 1.61. The van der Waals surface area contributed by atoms with Gasteiger partial charge in [-0.1, -0.05) is 41.9 Å². The maximum Gasteiger partial charge on any atom is 0.0902 e. The van der Waals surface area contributed by atoms with Gasteiger partial charge in [0.15, 0.2) is 0 Å². The van der Waals surface area contributed by atoms with E-state index >= 15 is 0 Å². The van der Waals surface area contributed by atoms with Gasteiger partial charge in [-0.3, -0.25) is 4.98 Å². The number of hydrogen-bond acceptors (Lipinski definition) is 1. The first-order valence-electron chi connectivity index (χ1n) is 5.43. The second-order valence-corrected chi connectivity index (χ2v) is 4.39. The predicted octanol–water partition coefficient (Wildman–Crippen LogP) is 3.89. The molecule has 0 bridgehead atoms. The van der Waals surface area contributed by atoms with E-state index < -0.39 is 0 Å². The summed E-state index contributed by atoms with van der Waals surface area (Å²) in [6.45, 7) is 0. The van der Waals surface area contributed by atoms with Crippen LogP contribution in [0.3, 0.4) is 0 Å². The van der Waals surface area contributed by atoms with Crippen molar-refractivity contribution in [1.82, 2.24) is 9.55 Å². The molecule has 0 amide bonds. The van der Waals surface area contributed by atoms with E-state index in [0.29, 0.717) is 0 Å². The van der Waals surface area contributed by atoms with E-state index in [-0.39, 0.29) is 0 Å². The lowest BCUT2D eigenvalue weighted by molar-refractivity contribution is 0.977. The number of hydrogen-bond donors (Lipinski definition) is 0. The Kier molecular flexibility index (Phi) is 2.37. The minimum Gasteiger partial charge on any atom is -0.341 e. The van der Waals surface area contributed by atoms with Crippen molar-refractivity contribution in [2.75, 3.05) is 0 Å². The first-order valence-corrected chi connectivity index (χ1v) is 5.80. The number of pyridine rings is 1. The fourth-order valence-electron chi connectivity index (χ4n) is 2.12. The van der Waals surface area contributed by atoms with E-state index in [0.717, 1.165) is 21.7 Å². The molecule has 0 unspecified atom stereocenters. The third-order valence-corrected chi connectivity index (χ3v) is 3.25. The highest BCUT2D eigenvalue weighted by atomic mass is 35.5. The van der Waals surface area contributed by atoms with Crippen molar-refractivity contribution in [2.24, 2.45) is 7.05 Å². The molecule has 3 rings (SSSR count). The fraction of sp³-hybridized carbons (Fsp3) is 0.0714. The average molecular weight is 243 g/mol. The first-order chi connectivity index (χ1) is 8.27. The summed E-state index contributed by atoms with van der Waals surface area (Å²) in [4.78, 5) is 4.34. The highest BCUT2D eigenvalue weighted by molar-refractivity contribution is 6.35. The quantitative estimate of drug-likeness (QED) is 0.633. The molecule has 0 aliphatic heterocycles. The van der Waals surface area contributed by atoms with Crippen LogP contribution in [-0.4, -0.2) is 9.55 Å². The van der Waals surface area contributed by atoms with Crippen molar-refractivity contribution >= 4 is 22.6 Å². The van der Waals surface area contributed by atoms with Crippen molar-refractivity contribution in [3.05, 3.63) is 53.7 Å². The Morgan fingerprint density at radius 1 is 1.12 bits per heavy atom. The molecule has 1 aromatic carbocycles. The maximum atomic E-state index is 6.20. The topological polar surface area (TPSA) is 17.8 Å². The van der Waals surface area contributed by atoms with Crippen LogP contribution in [0.1, 0.15) is 0 Å². The summed E-state index contributed by atoms with van der Waals surface area (Å²) in [5, 5.41) is 0.736. The largest absolute Gasteiger partial charge is 0.341 e. The summed E-state index contributed by atoms with van der Waals surface area (Å²) < 4.78 is 2.08. The zero-order chi connectivity index (χ0) is 11.8. The molecule has 0 spiro atoms. The smallest absolute Gasteiger partial charge is 0.0902 e. The molecule has 0 saturated heterocycles. The van der Waals surface area contributed by atoms with Gasteiger partial charge >= 0.3 is 0 Å². The molecule has 3 aromatic rings. The number of aryl methyl sites for hydroxylation is 1. The maximum absolute atomic E-state index is 6.20. The molecule has 0 fully saturated rings. The highest BCUT2D eigenvalue weighted by Crippen LogP contribution is 2.29. The minimum absolute atomic E-state index is 0.736. The molecule has 0 saturated carbocycles. The monoisotopic (exact) mass is 242 g/mol. The van der Waals surface area contributed by atoms with Crippen molar-refractivity contribution in [3.8, 4) is 11.3 Å². The van der Waals surface area contributed by atoms with Gasteiger partial charge in [0.1, 0.15) is 0 Å². The highest BCUT2D eigenvalue weighted by Gasteiger charge is 2.10. The molecule has 2 nitrogen and oxygen atoms in total. The number of nitrogens with zero attached hydrogens (tertiary/aromatic N) is 2. The lowest BCUT2D eigenvalue weighted by Crippen LogP contribution is -1.91. The van der Waals surface area contributed by atoms with Crippen LogP contribution in [0, 0.1) is 0 Å². The Morgan fingerprint density at radius 2 is 1.88 bits per heavy atom. The van der Waals surface area contributed by atoms with Gasteiger partial charge in [-0.15, -0.1) is 0 Å². The number of rotatable bonds is 1. The number of fused-ring (bicyclic) bond motifs is 1. The van der Waals surface area contributed by atoms with Crippen LogP contribution >= 0.6 is 11.6 Å². The van der Waals surface area contributed by atoms with Gasteiger partial charge in [0.05, 0.1) is 21.7 Å². The Balaban J connectivity index is 2.33. The van der Waals surface area contributed by atoms with Gasteiger partial charge in [-0.25, -0.2) is 0 Å². The van der Waals surface area contributed by atoms with Crippen molar-refractivity contribution in [2.45, 2.75) is 0 Å². The summed E-state index contributed by atoms with van der Waals surface area (Å²) >= 11 is 6.20. The lowest BCUT2D eigenvalue weighted by atomic mass is 10.1. The van der Waals surface area contributed by atoms with E-state index in [1.807, 2.05) is 31.3 Å². The molecule has 0 aliphatic rings. The van der Waals surface area contributed by atoms with Crippen LogP contribution in [0.5, 0.6) is 0 Å². The lowest BCUT2D eigenvalue weighted by Gasteiger charge is -2.04. The Bertz CT molecular complexity index is 671. The molecule has 0 N–H and O–H groups in total. The predicted molar refractivity (Wildman–Crippen MR) is 71.2 cm³/mol. The Morgan fingerprint density at radius 3 is 2.59 bits per heavy atom. The molecule has 3 heteroatoms. The molecular weight excluding hydrogens is 232 g/mol. The molecule has 0 aliphatic carbocycles. The van der Waals surface area contributed by atoms with Crippen molar-refractivity contribution < 1.29 is 0 Å². The van der Waals surface area contributed by atoms with Crippen LogP contribution in [-0.2, 0) is 7.05 Å². The molecule has 84 valence electrons. The van der Waals surface area contributed by atoms with Crippen LogP contribution in [0.15, 0.2) is 48.7 Å². The normalized spacial score (nSPS) is 10.9. The molecule has 0 atom stereocenters. The SMILES string of the molecule is Cn1c(-c2ccccc2)cc2nccc(Cl)c21. The van der Waals surface area contributed by atoms with Gasteiger partial charge in [0.2, 0.25) is 0 Å². The van der Waals surface area contributed by atoms with E-state index in [1.54, 1.807) is 6.20 Å². The van der Waals surface area contributed by atoms with Crippen LogP contribution in [0.4, 0.5) is 0 Å². The van der Waals surface area contributed by atoms with E-state index in [1.165, 1.54) is 5.56 Å². The molecule has 2 aromatic heterocycles. The van der Waals surface area contributed by atoms with E-state index in [2.05, 4.69) is 27.8 Å². The Labute approximate surface area is 104 Å². The minimum atomic E-state index is 0.736. The van der Waals surface area contributed by atoms with Gasteiger partial charge < -0.3 is 4.57 Å². The van der Waals surface area contributed by atoms with Gasteiger partial charge in [-0.2, -0.15) is 0 Å². The third-order valence-electron chi connectivity index (χ3n) is 2.94. The standard InChI is InChI=1S/C14H11ClN2/c1-17-13(10-5-3-2-4-6-10)9-12-14(17)11(15)7-8-16-12/h2-9H,1H3. The second-order valence-electron chi connectivity index (χ2n) is 3.98. The summed E-state index contributed by atoms with van der Waals surface area (Å²) in [6.07, 6.45) is 1.74. The van der Waals surface area contributed by atoms with Crippen molar-refractivity contribution in [3.63, 3.8) is 0 Å². The number of halogens is 1. The van der Waals surface area contributed by atoms with Crippen LogP contribution in [0.2, 0.25) is 5.02 Å². The number of aromatic nitrogens is 2. The van der Waals surface area contributed by atoms with Crippen LogP contribution in [0.25, 0.3) is 22.3 Å². The zero-order valence-corrected chi connectivity index (χ0v) is 10.1. The summed E-state index contributed by atoms with van der Waals surface area (Å²) in [6, 6.07) is 14.1. The molecule has 0 radical (unpaired) electrons. The summed E-state index contributed by atoms with van der Waals surface area (Å²) in [7, 11) is 2.01. The summed E-state index contributed by atoms with van der Waals surface area (Å²) in [5.41, 5.74) is 4.21. The van der Waals surface area contributed by atoms with E-state index in [4.69, 9.17) is 11.6 Å². The fourth-order valence-corrected chi connectivity index (χ4v) is 2.40. The van der Waals surface area contributed by atoms with Gasteiger partial charge in [0, 0.05) is 13.2 Å². The van der Waals surface area contributed by atoms with Crippen LogP contribution < -0.4 is 0 Å². The second kappa shape index (κ2) is 3.90. The van der Waals surface area contributed by atoms with Gasteiger partial charge in [-0.05, 0) is 17.7 Å². The number of benzene rings is 1. The molecule has 17 heavy (non-hydrogen) atoms. The average Bonchev–Trinajstić information content (AvgIpc) is 2.69. The molecule has 2 heterocycles. The molecular formula is C14H11ClN2. The van der Waals surface area contributed by atoms with Gasteiger partial charge in [0.25, 0.3) is 0 Å². The van der Waals surface area contributed by atoms with Crippen molar-refractivity contribution in [1.29, 1.82) is 0 Å².